The molecule has 0 saturated heterocycles. The van der Waals surface area contributed by atoms with E-state index in [1.54, 1.807) is 0 Å². The van der Waals surface area contributed by atoms with Gasteiger partial charge in [-0.25, -0.2) is 0 Å². The SMILES string of the molecule is CC1CCC(CNC(=O)C2CCC(N)CC2)CC1. The van der Waals surface area contributed by atoms with Crippen LogP contribution in [0.2, 0.25) is 0 Å². The van der Waals surface area contributed by atoms with Crippen molar-refractivity contribution in [3.05, 3.63) is 0 Å². The van der Waals surface area contributed by atoms with Gasteiger partial charge in [0.25, 0.3) is 0 Å². The molecular weight excluding hydrogens is 224 g/mol. The molecule has 3 heteroatoms. The quantitative estimate of drug-likeness (QED) is 0.810. The first kappa shape index (κ1) is 13.9. The van der Waals surface area contributed by atoms with E-state index in [9.17, 15) is 4.79 Å². The van der Waals surface area contributed by atoms with E-state index in [0.29, 0.717) is 6.04 Å². The second-order valence-corrected chi connectivity index (χ2v) is 6.48. The zero-order valence-corrected chi connectivity index (χ0v) is 11.7. The molecule has 0 aromatic heterocycles. The normalized spacial score (nSPS) is 37.2. The Morgan fingerprint density at radius 2 is 1.67 bits per heavy atom. The first-order valence-corrected chi connectivity index (χ1v) is 7.68. The Labute approximate surface area is 111 Å². The Kier molecular flexibility index (Phi) is 5.04. The number of hydrogen-bond donors (Lipinski definition) is 2. The van der Waals surface area contributed by atoms with Gasteiger partial charge in [-0.15, -0.1) is 0 Å². The molecule has 3 nitrogen and oxygen atoms in total. The van der Waals surface area contributed by atoms with Gasteiger partial charge in [0.2, 0.25) is 5.91 Å². The lowest BCUT2D eigenvalue weighted by Gasteiger charge is -2.28. The topological polar surface area (TPSA) is 55.1 Å². The number of nitrogens with two attached hydrogens (primary N) is 1. The average molecular weight is 252 g/mol. The van der Waals surface area contributed by atoms with E-state index in [1.807, 2.05) is 0 Å². The van der Waals surface area contributed by atoms with E-state index in [1.165, 1.54) is 25.7 Å². The summed E-state index contributed by atoms with van der Waals surface area (Å²) in [6.45, 7) is 3.23. The van der Waals surface area contributed by atoms with Crippen LogP contribution in [0.4, 0.5) is 0 Å². The van der Waals surface area contributed by atoms with Gasteiger partial charge in [-0.2, -0.15) is 0 Å². The third kappa shape index (κ3) is 3.98. The fourth-order valence-corrected chi connectivity index (χ4v) is 3.30. The van der Waals surface area contributed by atoms with Gasteiger partial charge in [-0.1, -0.05) is 19.8 Å². The number of amides is 1. The molecule has 0 heterocycles. The van der Waals surface area contributed by atoms with E-state index < -0.39 is 0 Å². The van der Waals surface area contributed by atoms with E-state index in [2.05, 4.69) is 12.2 Å². The highest BCUT2D eigenvalue weighted by molar-refractivity contribution is 5.78. The summed E-state index contributed by atoms with van der Waals surface area (Å²) in [6.07, 6.45) is 9.23. The third-order valence-electron chi connectivity index (χ3n) is 4.84. The summed E-state index contributed by atoms with van der Waals surface area (Å²) in [5.74, 6) is 2.11. The Morgan fingerprint density at radius 3 is 2.28 bits per heavy atom. The maximum absolute atomic E-state index is 12.1. The van der Waals surface area contributed by atoms with Crippen LogP contribution in [0.25, 0.3) is 0 Å². The van der Waals surface area contributed by atoms with Gasteiger partial charge in [0, 0.05) is 18.5 Å². The van der Waals surface area contributed by atoms with Crippen LogP contribution in [0.1, 0.15) is 58.3 Å². The maximum atomic E-state index is 12.1. The van der Waals surface area contributed by atoms with Crippen molar-refractivity contribution in [3.63, 3.8) is 0 Å². The highest BCUT2D eigenvalue weighted by Gasteiger charge is 2.25. The molecule has 2 saturated carbocycles. The monoisotopic (exact) mass is 252 g/mol. The van der Waals surface area contributed by atoms with E-state index in [0.717, 1.165) is 44.1 Å². The van der Waals surface area contributed by atoms with Gasteiger partial charge in [-0.3, -0.25) is 4.79 Å². The number of rotatable bonds is 3. The van der Waals surface area contributed by atoms with Gasteiger partial charge in [-0.05, 0) is 50.4 Å². The first-order valence-electron chi connectivity index (χ1n) is 7.68. The van der Waals surface area contributed by atoms with Gasteiger partial charge in [0.15, 0.2) is 0 Å². The molecule has 2 rings (SSSR count). The minimum Gasteiger partial charge on any atom is -0.356 e. The molecule has 2 aliphatic carbocycles. The molecule has 0 aromatic carbocycles. The number of carbonyl (C=O) groups excluding carboxylic acids is 1. The number of nitrogens with one attached hydrogen (secondary N) is 1. The molecular formula is C15H28N2O. The molecule has 0 unspecified atom stereocenters. The minimum absolute atomic E-state index is 0.229. The fraction of sp³-hybridized carbons (Fsp3) is 0.933. The van der Waals surface area contributed by atoms with Crippen LogP contribution >= 0.6 is 0 Å². The van der Waals surface area contributed by atoms with Crippen molar-refractivity contribution in [1.29, 1.82) is 0 Å². The molecule has 1 amide bonds. The van der Waals surface area contributed by atoms with Crippen molar-refractivity contribution < 1.29 is 4.79 Å². The molecule has 0 bridgehead atoms. The van der Waals surface area contributed by atoms with Crippen molar-refractivity contribution in [2.24, 2.45) is 23.5 Å². The Balaban J connectivity index is 1.65. The third-order valence-corrected chi connectivity index (χ3v) is 4.84. The molecule has 3 N–H and O–H groups in total. The lowest BCUT2D eigenvalue weighted by atomic mass is 9.82. The average Bonchev–Trinajstić information content (AvgIpc) is 2.38. The van der Waals surface area contributed by atoms with Gasteiger partial charge in [0.1, 0.15) is 0 Å². The zero-order chi connectivity index (χ0) is 13.0. The standard InChI is InChI=1S/C15H28N2O/c1-11-2-4-12(5-3-11)10-17-15(18)13-6-8-14(16)9-7-13/h11-14H,2-10,16H2,1H3,(H,17,18). The molecule has 0 radical (unpaired) electrons. The smallest absolute Gasteiger partial charge is 0.223 e. The number of carbonyl (C=O) groups is 1. The van der Waals surface area contributed by atoms with Crippen LogP contribution in [0.5, 0.6) is 0 Å². The van der Waals surface area contributed by atoms with E-state index in [4.69, 9.17) is 5.73 Å². The van der Waals surface area contributed by atoms with Crippen LogP contribution in [0.3, 0.4) is 0 Å². The maximum Gasteiger partial charge on any atom is 0.223 e. The van der Waals surface area contributed by atoms with E-state index in [-0.39, 0.29) is 11.8 Å². The summed E-state index contributed by atoms with van der Waals surface area (Å²) in [5, 5.41) is 3.17. The van der Waals surface area contributed by atoms with Crippen LogP contribution < -0.4 is 11.1 Å². The summed E-state index contributed by atoms with van der Waals surface area (Å²) in [6, 6.07) is 0.328. The number of hydrogen-bond acceptors (Lipinski definition) is 2. The molecule has 2 fully saturated rings. The minimum atomic E-state index is 0.229. The van der Waals surface area contributed by atoms with Crippen molar-refractivity contribution in [1.82, 2.24) is 5.32 Å². The van der Waals surface area contributed by atoms with Crippen LogP contribution in [-0.4, -0.2) is 18.5 Å². The van der Waals surface area contributed by atoms with Gasteiger partial charge in [0.05, 0.1) is 0 Å². The highest BCUT2D eigenvalue weighted by Crippen LogP contribution is 2.28. The summed E-state index contributed by atoms with van der Waals surface area (Å²) in [4.78, 5) is 12.1. The van der Waals surface area contributed by atoms with Crippen LogP contribution in [0.15, 0.2) is 0 Å². The fourth-order valence-electron chi connectivity index (χ4n) is 3.30. The lowest BCUT2D eigenvalue weighted by molar-refractivity contribution is -0.126. The van der Waals surface area contributed by atoms with Crippen LogP contribution in [0, 0.1) is 17.8 Å². The van der Waals surface area contributed by atoms with E-state index >= 15 is 0 Å². The molecule has 2 aliphatic rings. The Bertz CT molecular complexity index is 264. The molecule has 0 aromatic rings. The van der Waals surface area contributed by atoms with Crippen molar-refractivity contribution in [3.8, 4) is 0 Å². The van der Waals surface area contributed by atoms with Crippen LogP contribution in [-0.2, 0) is 4.79 Å². The Hall–Kier alpha value is -0.570. The van der Waals surface area contributed by atoms with Gasteiger partial charge >= 0.3 is 0 Å². The Morgan fingerprint density at radius 1 is 1.06 bits per heavy atom. The molecule has 104 valence electrons. The van der Waals surface area contributed by atoms with Crippen molar-refractivity contribution >= 4 is 5.91 Å². The summed E-state index contributed by atoms with van der Waals surface area (Å²) >= 11 is 0. The van der Waals surface area contributed by atoms with Gasteiger partial charge < -0.3 is 11.1 Å². The second-order valence-electron chi connectivity index (χ2n) is 6.48. The summed E-state index contributed by atoms with van der Waals surface area (Å²) in [5.41, 5.74) is 5.87. The van der Waals surface area contributed by atoms with Crippen molar-refractivity contribution in [2.45, 2.75) is 64.3 Å². The second kappa shape index (κ2) is 6.55. The molecule has 0 atom stereocenters. The highest BCUT2D eigenvalue weighted by atomic mass is 16.1. The summed E-state index contributed by atoms with van der Waals surface area (Å²) in [7, 11) is 0. The molecule has 18 heavy (non-hydrogen) atoms. The predicted octanol–water partition coefficient (Wildman–Crippen LogP) is 2.45. The first-order chi connectivity index (χ1) is 8.65. The lowest BCUT2D eigenvalue weighted by Crippen LogP contribution is -2.38. The zero-order valence-electron chi connectivity index (χ0n) is 11.7. The largest absolute Gasteiger partial charge is 0.356 e. The van der Waals surface area contributed by atoms with Crippen molar-refractivity contribution in [2.75, 3.05) is 6.54 Å². The predicted molar refractivity (Wildman–Crippen MR) is 74.1 cm³/mol. The molecule has 0 aliphatic heterocycles. The summed E-state index contributed by atoms with van der Waals surface area (Å²) < 4.78 is 0. The molecule has 0 spiro atoms.